The number of halogens is 3. The number of fused-ring (bicyclic) bond motifs is 1. The Morgan fingerprint density at radius 3 is 2.70 bits per heavy atom. The van der Waals surface area contributed by atoms with E-state index in [2.05, 4.69) is 20.3 Å². The highest BCUT2D eigenvalue weighted by Crippen LogP contribution is 2.30. The fourth-order valence-corrected chi connectivity index (χ4v) is 3.84. The first-order valence-electron chi connectivity index (χ1n) is 9.82. The Bertz CT molecular complexity index is 1050. The van der Waals surface area contributed by atoms with Crippen LogP contribution in [-0.2, 0) is 17.4 Å². The van der Waals surface area contributed by atoms with E-state index in [1.54, 1.807) is 0 Å². The van der Waals surface area contributed by atoms with Gasteiger partial charge < -0.3 is 15.2 Å². The lowest BCUT2D eigenvalue weighted by molar-refractivity contribution is -0.141. The number of carbonyl (C=O) groups excluding carboxylic acids is 1. The fourth-order valence-electron chi connectivity index (χ4n) is 3.84. The highest BCUT2D eigenvalue weighted by molar-refractivity contribution is 5.88. The van der Waals surface area contributed by atoms with E-state index in [1.165, 1.54) is 6.92 Å². The number of alkyl halides is 3. The van der Waals surface area contributed by atoms with Crippen LogP contribution < -0.4 is 10.2 Å². The molecule has 2 aromatic heterocycles. The molecule has 1 saturated heterocycles. The molecule has 3 heterocycles. The highest BCUT2D eigenvalue weighted by atomic mass is 19.4. The number of aromatic amines is 1. The van der Waals surface area contributed by atoms with Crippen LogP contribution in [0.4, 0.5) is 19.0 Å². The number of rotatable bonds is 4. The van der Waals surface area contributed by atoms with Crippen molar-refractivity contribution in [3.8, 4) is 0 Å². The average Bonchev–Trinajstić information content (AvgIpc) is 3.10. The maximum Gasteiger partial charge on any atom is 0.433 e. The molecule has 1 aromatic carbocycles. The number of aromatic nitrogens is 3. The number of aryl methyl sites for hydroxylation is 1. The van der Waals surface area contributed by atoms with E-state index < -0.39 is 11.9 Å². The third-order valence-corrected chi connectivity index (χ3v) is 5.32. The second-order valence-electron chi connectivity index (χ2n) is 7.52. The Morgan fingerprint density at radius 2 is 1.97 bits per heavy atom. The Hall–Kier alpha value is -3.10. The van der Waals surface area contributed by atoms with Crippen LogP contribution in [0.2, 0.25) is 0 Å². The molecule has 0 saturated carbocycles. The maximum atomic E-state index is 13.0. The molecule has 1 aliphatic rings. The monoisotopic (exact) mass is 417 g/mol. The first-order valence-corrected chi connectivity index (χ1v) is 9.82. The summed E-state index contributed by atoms with van der Waals surface area (Å²) in [7, 11) is 0. The summed E-state index contributed by atoms with van der Waals surface area (Å²) in [6, 6.07) is 8.80. The van der Waals surface area contributed by atoms with Crippen LogP contribution in [0.15, 0.2) is 36.5 Å². The van der Waals surface area contributed by atoms with Gasteiger partial charge in [0.15, 0.2) is 0 Å². The number of hydrogen-bond donors (Lipinski definition) is 2. The van der Waals surface area contributed by atoms with Crippen molar-refractivity contribution in [3.05, 3.63) is 53.6 Å². The van der Waals surface area contributed by atoms with Gasteiger partial charge in [-0.25, -0.2) is 9.97 Å². The van der Waals surface area contributed by atoms with E-state index in [0.29, 0.717) is 25.9 Å². The molecule has 4 rings (SSSR count). The van der Waals surface area contributed by atoms with Gasteiger partial charge in [0.25, 0.3) is 0 Å². The molecule has 6 nitrogen and oxygen atoms in total. The zero-order valence-corrected chi connectivity index (χ0v) is 16.5. The second kappa shape index (κ2) is 7.97. The molecule has 0 aliphatic carbocycles. The van der Waals surface area contributed by atoms with Gasteiger partial charge in [-0.2, -0.15) is 13.2 Å². The summed E-state index contributed by atoms with van der Waals surface area (Å²) < 4.78 is 39.0. The maximum absolute atomic E-state index is 13.0. The molecule has 1 aliphatic heterocycles. The van der Waals surface area contributed by atoms with Gasteiger partial charge in [0.1, 0.15) is 17.3 Å². The summed E-state index contributed by atoms with van der Waals surface area (Å²) in [6.07, 6.45) is -1.09. The number of anilines is 1. The first-order chi connectivity index (χ1) is 14.3. The Labute approximate surface area is 171 Å². The van der Waals surface area contributed by atoms with Crippen molar-refractivity contribution in [2.24, 2.45) is 0 Å². The van der Waals surface area contributed by atoms with Crippen LogP contribution in [0.25, 0.3) is 10.9 Å². The standard InChI is InChI=1S/C21H22F3N5O/c1-13-26-18(21(22,23)24)11-19(27-13)29-8-6-15(7-9-29)28-20(30)10-14-12-25-17-5-3-2-4-16(14)17/h2-5,11-12,15,25H,6-10H2,1H3,(H,28,30). The van der Waals surface area contributed by atoms with Gasteiger partial charge >= 0.3 is 6.18 Å². The van der Waals surface area contributed by atoms with Crippen LogP contribution in [-0.4, -0.2) is 40.0 Å². The topological polar surface area (TPSA) is 73.9 Å². The number of piperidine rings is 1. The summed E-state index contributed by atoms with van der Waals surface area (Å²) >= 11 is 0. The van der Waals surface area contributed by atoms with Crippen LogP contribution >= 0.6 is 0 Å². The number of hydrogen-bond acceptors (Lipinski definition) is 4. The summed E-state index contributed by atoms with van der Waals surface area (Å²) in [5.74, 6) is 0.308. The lowest BCUT2D eigenvalue weighted by atomic mass is 10.0. The number of nitrogens with zero attached hydrogens (tertiary/aromatic N) is 3. The molecule has 0 radical (unpaired) electrons. The normalized spacial score (nSPS) is 15.5. The lowest BCUT2D eigenvalue weighted by Gasteiger charge is -2.33. The van der Waals surface area contributed by atoms with E-state index in [0.717, 1.165) is 22.5 Å². The molecule has 0 unspecified atom stereocenters. The number of amides is 1. The molecule has 1 fully saturated rings. The molecule has 2 N–H and O–H groups in total. The molecule has 0 spiro atoms. The molecule has 0 atom stereocenters. The summed E-state index contributed by atoms with van der Waals surface area (Å²) in [4.78, 5) is 25.1. The Kier molecular flexibility index (Phi) is 5.36. The Morgan fingerprint density at radius 1 is 1.23 bits per heavy atom. The SMILES string of the molecule is Cc1nc(N2CCC(NC(=O)Cc3c[nH]c4ccccc34)CC2)cc(C(F)(F)F)n1. The molecular formula is C21H22F3N5O. The molecular weight excluding hydrogens is 395 g/mol. The van der Waals surface area contributed by atoms with E-state index in [4.69, 9.17) is 0 Å². The van der Waals surface area contributed by atoms with Gasteiger partial charge in [0.2, 0.25) is 5.91 Å². The van der Waals surface area contributed by atoms with E-state index in [9.17, 15) is 18.0 Å². The average molecular weight is 417 g/mol. The summed E-state index contributed by atoms with van der Waals surface area (Å²) in [5, 5.41) is 4.08. The summed E-state index contributed by atoms with van der Waals surface area (Å²) in [5.41, 5.74) is 1.00. The van der Waals surface area contributed by atoms with Crippen molar-refractivity contribution in [2.75, 3.05) is 18.0 Å². The quantitative estimate of drug-likeness (QED) is 0.680. The van der Waals surface area contributed by atoms with Gasteiger partial charge in [-0.05, 0) is 31.4 Å². The fraction of sp³-hybridized carbons (Fsp3) is 0.381. The van der Waals surface area contributed by atoms with Crippen molar-refractivity contribution in [2.45, 2.75) is 38.4 Å². The predicted molar refractivity (Wildman–Crippen MR) is 107 cm³/mol. The minimum Gasteiger partial charge on any atom is -0.361 e. The third-order valence-electron chi connectivity index (χ3n) is 5.32. The van der Waals surface area contributed by atoms with Crippen molar-refractivity contribution < 1.29 is 18.0 Å². The number of nitrogens with one attached hydrogen (secondary N) is 2. The zero-order valence-electron chi connectivity index (χ0n) is 16.5. The number of para-hydroxylation sites is 1. The predicted octanol–water partition coefficient (Wildman–Crippen LogP) is 3.61. The molecule has 1 amide bonds. The molecule has 3 aromatic rings. The minimum absolute atomic E-state index is 0.0102. The van der Waals surface area contributed by atoms with Gasteiger partial charge in [-0.1, -0.05) is 18.2 Å². The Balaban J connectivity index is 1.35. The van der Waals surface area contributed by atoms with Crippen LogP contribution in [0.1, 0.15) is 29.9 Å². The molecule has 30 heavy (non-hydrogen) atoms. The van der Waals surface area contributed by atoms with Gasteiger partial charge in [0.05, 0.1) is 6.42 Å². The molecule has 158 valence electrons. The van der Waals surface area contributed by atoms with E-state index in [1.807, 2.05) is 35.4 Å². The van der Waals surface area contributed by atoms with Crippen LogP contribution in [0.5, 0.6) is 0 Å². The zero-order chi connectivity index (χ0) is 21.3. The van der Waals surface area contributed by atoms with Crippen molar-refractivity contribution >= 4 is 22.6 Å². The summed E-state index contributed by atoms with van der Waals surface area (Å²) in [6.45, 7) is 2.49. The van der Waals surface area contributed by atoms with Gasteiger partial charge in [-0.15, -0.1) is 0 Å². The van der Waals surface area contributed by atoms with E-state index >= 15 is 0 Å². The number of carbonyl (C=O) groups is 1. The van der Waals surface area contributed by atoms with Gasteiger partial charge in [-0.3, -0.25) is 4.79 Å². The molecule has 9 heteroatoms. The van der Waals surface area contributed by atoms with Crippen molar-refractivity contribution in [1.29, 1.82) is 0 Å². The van der Waals surface area contributed by atoms with Gasteiger partial charge in [0, 0.05) is 42.3 Å². The van der Waals surface area contributed by atoms with E-state index in [-0.39, 0.29) is 30.0 Å². The van der Waals surface area contributed by atoms with Crippen molar-refractivity contribution in [1.82, 2.24) is 20.3 Å². The highest BCUT2D eigenvalue weighted by Gasteiger charge is 2.34. The molecule has 0 bridgehead atoms. The lowest BCUT2D eigenvalue weighted by Crippen LogP contribution is -2.45. The smallest absolute Gasteiger partial charge is 0.361 e. The van der Waals surface area contributed by atoms with Crippen LogP contribution in [0.3, 0.4) is 0 Å². The second-order valence-corrected chi connectivity index (χ2v) is 7.52. The van der Waals surface area contributed by atoms with Crippen molar-refractivity contribution in [3.63, 3.8) is 0 Å². The number of H-pyrrole nitrogens is 1. The van der Waals surface area contributed by atoms with Crippen LogP contribution in [0, 0.1) is 6.92 Å². The number of benzene rings is 1. The largest absolute Gasteiger partial charge is 0.433 e. The minimum atomic E-state index is -4.50. The first kappa shape index (κ1) is 20.2. The third kappa shape index (κ3) is 4.39.